The van der Waals surface area contributed by atoms with Gasteiger partial charge in [0.1, 0.15) is 12.6 Å². The first-order valence-electron chi connectivity index (χ1n) is 20.5. The zero-order chi connectivity index (χ0) is 35.2. The van der Waals surface area contributed by atoms with Crippen molar-refractivity contribution < 1.29 is 24.2 Å². The lowest BCUT2D eigenvalue weighted by atomic mass is 10.0. The maximum absolute atomic E-state index is 12.7. The van der Waals surface area contributed by atoms with E-state index in [0.717, 1.165) is 70.6 Å². The van der Waals surface area contributed by atoms with Crippen molar-refractivity contribution in [3.05, 3.63) is 24.3 Å². The Labute approximate surface area is 296 Å². The number of unbranched alkanes of at least 4 members (excludes halogenated alkanes) is 22. The SMILES string of the molecule is CCCCCCCC/C=C\CCCCCCCC(=O)OC(CCC/C=C\CCCCCCCC)CCCCCCCC(=O)NCC(=O)O. The molecule has 0 aromatic heterocycles. The van der Waals surface area contributed by atoms with Crippen LogP contribution in [0.2, 0.25) is 0 Å². The molecule has 0 aliphatic carbocycles. The van der Waals surface area contributed by atoms with Gasteiger partial charge in [0.15, 0.2) is 0 Å². The molecule has 1 amide bonds. The number of ether oxygens (including phenoxy) is 1. The van der Waals surface area contributed by atoms with Gasteiger partial charge in [0.2, 0.25) is 5.91 Å². The Bertz CT molecular complexity index is 793. The van der Waals surface area contributed by atoms with Crippen LogP contribution in [0.15, 0.2) is 24.3 Å². The summed E-state index contributed by atoms with van der Waals surface area (Å²) >= 11 is 0. The minimum absolute atomic E-state index is 0.00519. The highest BCUT2D eigenvalue weighted by molar-refractivity contribution is 5.80. The molecule has 0 heterocycles. The second-order valence-corrected chi connectivity index (χ2v) is 13.9. The second kappa shape index (κ2) is 37.7. The van der Waals surface area contributed by atoms with E-state index in [9.17, 15) is 14.4 Å². The van der Waals surface area contributed by atoms with E-state index in [2.05, 4.69) is 43.5 Å². The van der Waals surface area contributed by atoms with Crippen molar-refractivity contribution in [1.82, 2.24) is 5.32 Å². The Balaban J connectivity index is 4.19. The normalized spacial score (nSPS) is 12.2. The molecular formula is C42H77NO5. The lowest BCUT2D eigenvalue weighted by Gasteiger charge is -2.18. The third-order valence-corrected chi connectivity index (χ3v) is 9.10. The average molecular weight is 676 g/mol. The molecule has 6 nitrogen and oxygen atoms in total. The minimum Gasteiger partial charge on any atom is -0.480 e. The van der Waals surface area contributed by atoms with E-state index in [-0.39, 0.29) is 24.5 Å². The summed E-state index contributed by atoms with van der Waals surface area (Å²) in [7, 11) is 0. The van der Waals surface area contributed by atoms with Gasteiger partial charge in [0.25, 0.3) is 0 Å². The van der Waals surface area contributed by atoms with Crippen LogP contribution < -0.4 is 5.32 Å². The highest BCUT2D eigenvalue weighted by Gasteiger charge is 2.14. The summed E-state index contributed by atoms with van der Waals surface area (Å²) in [6, 6.07) is 0. The number of carbonyl (C=O) groups is 3. The first kappa shape index (κ1) is 45.9. The largest absolute Gasteiger partial charge is 0.480 e. The fourth-order valence-corrected chi connectivity index (χ4v) is 6.04. The van der Waals surface area contributed by atoms with Crippen LogP contribution >= 0.6 is 0 Å². The summed E-state index contributed by atoms with van der Waals surface area (Å²) in [4.78, 5) is 34.9. The quantitative estimate of drug-likeness (QED) is 0.0388. The van der Waals surface area contributed by atoms with E-state index < -0.39 is 5.97 Å². The predicted molar refractivity (Wildman–Crippen MR) is 203 cm³/mol. The molecule has 0 radical (unpaired) electrons. The van der Waals surface area contributed by atoms with E-state index in [1.165, 1.54) is 116 Å². The summed E-state index contributed by atoms with van der Waals surface area (Å²) in [5.74, 6) is -1.25. The van der Waals surface area contributed by atoms with E-state index in [1.54, 1.807) is 0 Å². The van der Waals surface area contributed by atoms with Gasteiger partial charge >= 0.3 is 11.9 Å². The van der Waals surface area contributed by atoms with Crippen molar-refractivity contribution in [1.29, 1.82) is 0 Å². The van der Waals surface area contributed by atoms with Gasteiger partial charge in [-0.15, -0.1) is 0 Å². The van der Waals surface area contributed by atoms with Crippen molar-refractivity contribution in [2.24, 2.45) is 0 Å². The van der Waals surface area contributed by atoms with Gasteiger partial charge in [0, 0.05) is 12.8 Å². The summed E-state index contributed by atoms with van der Waals surface area (Å²) < 4.78 is 5.99. The number of nitrogens with one attached hydrogen (secondary N) is 1. The summed E-state index contributed by atoms with van der Waals surface area (Å²) in [6.07, 6.45) is 44.4. The summed E-state index contributed by atoms with van der Waals surface area (Å²) in [5.41, 5.74) is 0. The van der Waals surface area contributed by atoms with Crippen LogP contribution in [0.4, 0.5) is 0 Å². The van der Waals surface area contributed by atoms with Crippen LogP contribution in [0, 0.1) is 0 Å². The number of rotatable bonds is 37. The van der Waals surface area contributed by atoms with Crippen LogP contribution in [0.3, 0.4) is 0 Å². The molecule has 0 bridgehead atoms. The van der Waals surface area contributed by atoms with E-state index in [1.807, 2.05) is 0 Å². The Morgan fingerprint density at radius 3 is 1.42 bits per heavy atom. The van der Waals surface area contributed by atoms with Crippen LogP contribution in [0.1, 0.15) is 213 Å². The Kier molecular flexibility index (Phi) is 36.0. The lowest BCUT2D eigenvalue weighted by Crippen LogP contribution is -2.28. The Morgan fingerprint density at radius 2 is 0.917 bits per heavy atom. The average Bonchev–Trinajstić information content (AvgIpc) is 3.07. The molecule has 0 spiro atoms. The fourth-order valence-electron chi connectivity index (χ4n) is 6.04. The van der Waals surface area contributed by atoms with Gasteiger partial charge in [-0.25, -0.2) is 0 Å². The van der Waals surface area contributed by atoms with E-state index in [0.29, 0.717) is 12.8 Å². The maximum atomic E-state index is 12.7. The molecule has 1 atom stereocenters. The number of allylic oxidation sites excluding steroid dienone is 4. The van der Waals surface area contributed by atoms with Crippen molar-refractivity contribution in [3.8, 4) is 0 Å². The van der Waals surface area contributed by atoms with Gasteiger partial charge in [0.05, 0.1) is 0 Å². The van der Waals surface area contributed by atoms with Crippen LogP contribution in [0.5, 0.6) is 0 Å². The minimum atomic E-state index is -1.02. The Hall–Kier alpha value is -2.11. The topological polar surface area (TPSA) is 92.7 Å². The molecule has 2 N–H and O–H groups in total. The fraction of sp³-hybridized carbons (Fsp3) is 0.833. The van der Waals surface area contributed by atoms with Crippen LogP contribution in [-0.2, 0) is 19.1 Å². The monoisotopic (exact) mass is 676 g/mol. The first-order chi connectivity index (χ1) is 23.5. The molecular weight excluding hydrogens is 598 g/mol. The van der Waals surface area contributed by atoms with Crippen LogP contribution in [-0.4, -0.2) is 35.6 Å². The molecule has 0 aromatic rings. The maximum Gasteiger partial charge on any atom is 0.322 e. The zero-order valence-electron chi connectivity index (χ0n) is 31.6. The molecule has 0 aromatic carbocycles. The molecule has 280 valence electrons. The van der Waals surface area contributed by atoms with Gasteiger partial charge in [-0.05, 0) is 83.5 Å². The molecule has 6 heteroatoms. The number of carboxylic acid groups (broad SMARTS) is 1. The van der Waals surface area contributed by atoms with Crippen molar-refractivity contribution >= 4 is 17.8 Å². The molecule has 0 fully saturated rings. The highest BCUT2D eigenvalue weighted by Crippen LogP contribution is 2.18. The number of amides is 1. The van der Waals surface area contributed by atoms with Crippen molar-refractivity contribution in [3.63, 3.8) is 0 Å². The van der Waals surface area contributed by atoms with Crippen molar-refractivity contribution in [2.75, 3.05) is 6.54 Å². The number of carbonyl (C=O) groups excluding carboxylic acids is 2. The summed E-state index contributed by atoms with van der Waals surface area (Å²) in [6.45, 7) is 4.21. The molecule has 0 saturated carbocycles. The third kappa shape index (κ3) is 36.7. The number of aliphatic carboxylic acids is 1. The van der Waals surface area contributed by atoms with Crippen molar-refractivity contribution in [2.45, 2.75) is 219 Å². The highest BCUT2D eigenvalue weighted by atomic mass is 16.5. The van der Waals surface area contributed by atoms with Gasteiger partial charge in [-0.3, -0.25) is 14.4 Å². The number of carboxylic acids is 1. The van der Waals surface area contributed by atoms with Gasteiger partial charge in [-0.1, -0.05) is 141 Å². The first-order valence-corrected chi connectivity index (χ1v) is 20.5. The second-order valence-electron chi connectivity index (χ2n) is 13.9. The molecule has 1 unspecified atom stereocenters. The Morgan fingerprint density at radius 1 is 0.521 bits per heavy atom. The van der Waals surface area contributed by atoms with Gasteiger partial charge < -0.3 is 15.2 Å². The van der Waals surface area contributed by atoms with Gasteiger partial charge in [-0.2, -0.15) is 0 Å². The number of hydrogen-bond acceptors (Lipinski definition) is 4. The molecule has 48 heavy (non-hydrogen) atoms. The molecule has 0 rings (SSSR count). The zero-order valence-corrected chi connectivity index (χ0v) is 31.6. The predicted octanol–water partition coefficient (Wildman–Crippen LogP) is 12.3. The third-order valence-electron chi connectivity index (χ3n) is 9.10. The molecule has 0 saturated heterocycles. The standard InChI is InChI=1S/C42H77NO5/c1-3-5-7-9-11-13-15-16-17-18-20-22-24-29-33-37-42(47)48-39(34-30-26-23-21-19-14-12-10-8-6-4-2)35-31-27-25-28-32-36-40(44)43-38-41(45)46/h16-17,21,23,39H,3-15,18-20,22,24-38H2,1-2H3,(H,43,44)(H,45,46)/b17-16-,23-21-. The van der Waals surface area contributed by atoms with E-state index in [4.69, 9.17) is 9.84 Å². The van der Waals surface area contributed by atoms with Crippen LogP contribution in [0.25, 0.3) is 0 Å². The smallest absolute Gasteiger partial charge is 0.322 e. The van der Waals surface area contributed by atoms with E-state index >= 15 is 0 Å². The number of hydrogen-bond donors (Lipinski definition) is 2. The summed E-state index contributed by atoms with van der Waals surface area (Å²) in [5, 5.41) is 11.1. The lowest BCUT2D eigenvalue weighted by molar-refractivity contribution is -0.150. The molecule has 0 aliphatic heterocycles. The molecule has 0 aliphatic rings. The number of esters is 1.